The Labute approximate surface area is 110 Å². The lowest BCUT2D eigenvalue weighted by atomic mass is 10.2. The zero-order chi connectivity index (χ0) is 13.0. The molecule has 0 aromatic heterocycles. The molecule has 0 saturated heterocycles. The quantitative estimate of drug-likeness (QED) is 0.917. The van der Waals surface area contributed by atoms with E-state index in [2.05, 4.69) is 6.07 Å². The van der Waals surface area contributed by atoms with Gasteiger partial charge in [0.2, 0.25) is 0 Å². The minimum Gasteiger partial charge on any atom is -0.456 e. The molecular formula is C14H11ClN2O. The van der Waals surface area contributed by atoms with Crippen LogP contribution in [0.2, 0.25) is 5.02 Å². The van der Waals surface area contributed by atoms with E-state index in [4.69, 9.17) is 27.3 Å². The van der Waals surface area contributed by atoms with Crippen molar-refractivity contribution in [2.24, 2.45) is 5.73 Å². The summed E-state index contributed by atoms with van der Waals surface area (Å²) in [5.41, 5.74) is 6.97. The maximum atomic E-state index is 9.00. The Kier molecular flexibility index (Phi) is 3.83. The molecule has 90 valence electrons. The van der Waals surface area contributed by atoms with Gasteiger partial charge in [-0.2, -0.15) is 5.26 Å². The molecule has 2 aromatic carbocycles. The zero-order valence-corrected chi connectivity index (χ0v) is 10.3. The molecule has 4 heteroatoms. The van der Waals surface area contributed by atoms with Gasteiger partial charge < -0.3 is 10.5 Å². The molecule has 0 aliphatic carbocycles. The van der Waals surface area contributed by atoms with E-state index in [9.17, 15) is 0 Å². The Hall–Kier alpha value is -2.02. The number of benzene rings is 2. The summed E-state index contributed by atoms with van der Waals surface area (Å²) >= 11 is 5.89. The molecule has 0 fully saturated rings. The van der Waals surface area contributed by atoms with Crippen LogP contribution in [-0.2, 0) is 6.54 Å². The number of rotatable bonds is 3. The van der Waals surface area contributed by atoms with Gasteiger partial charge in [-0.1, -0.05) is 23.7 Å². The second-order valence-electron chi connectivity index (χ2n) is 3.71. The van der Waals surface area contributed by atoms with E-state index < -0.39 is 0 Å². The number of nitrogens with zero attached hydrogens (tertiary/aromatic N) is 1. The molecule has 0 atom stereocenters. The molecule has 3 nitrogen and oxygen atoms in total. The van der Waals surface area contributed by atoms with Crippen LogP contribution in [0.4, 0.5) is 0 Å². The molecule has 0 aliphatic heterocycles. The standard InChI is InChI=1S/C14H11ClN2O/c15-12-5-4-11(9-17)14(7-12)18-13-3-1-2-10(6-13)8-16/h1-7H,8,16H2. The Balaban J connectivity index is 2.33. The van der Waals surface area contributed by atoms with E-state index in [-0.39, 0.29) is 0 Å². The molecule has 2 N–H and O–H groups in total. The first-order valence-electron chi connectivity index (χ1n) is 5.39. The van der Waals surface area contributed by atoms with Crippen LogP contribution in [0, 0.1) is 11.3 Å². The molecule has 0 heterocycles. The lowest BCUT2D eigenvalue weighted by molar-refractivity contribution is 0.480. The van der Waals surface area contributed by atoms with Crippen LogP contribution < -0.4 is 10.5 Å². The SMILES string of the molecule is N#Cc1ccc(Cl)cc1Oc1cccc(CN)c1. The summed E-state index contributed by atoms with van der Waals surface area (Å²) in [5, 5.41) is 9.52. The number of hydrogen-bond acceptors (Lipinski definition) is 3. The topological polar surface area (TPSA) is 59.0 Å². The van der Waals surface area contributed by atoms with Crippen LogP contribution in [0.3, 0.4) is 0 Å². The van der Waals surface area contributed by atoms with E-state index in [1.807, 2.05) is 18.2 Å². The number of nitriles is 1. The van der Waals surface area contributed by atoms with E-state index in [0.29, 0.717) is 28.6 Å². The van der Waals surface area contributed by atoms with Crippen molar-refractivity contribution in [2.45, 2.75) is 6.54 Å². The first kappa shape index (κ1) is 12.4. The van der Waals surface area contributed by atoms with Gasteiger partial charge >= 0.3 is 0 Å². The van der Waals surface area contributed by atoms with Crippen LogP contribution in [0.25, 0.3) is 0 Å². The van der Waals surface area contributed by atoms with E-state index in [1.54, 1.807) is 24.3 Å². The average Bonchev–Trinajstić information content (AvgIpc) is 2.39. The minimum atomic E-state index is 0.442. The fourth-order valence-electron chi connectivity index (χ4n) is 1.54. The van der Waals surface area contributed by atoms with Crippen molar-refractivity contribution >= 4 is 11.6 Å². The maximum Gasteiger partial charge on any atom is 0.146 e. The maximum absolute atomic E-state index is 9.00. The van der Waals surface area contributed by atoms with Crippen LogP contribution in [0.1, 0.15) is 11.1 Å². The molecule has 0 spiro atoms. The lowest BCUT2D eigenvalue weighted by Gasteiger charge is -2.08. The summed E-state index contributed by atoms with van der Waals surface area (Å²) in [4.78, 5) is 0. The molecular weight excluding hydrogens is 248 g/mol. The van der Waals surface area contributed by atoms with Crippen molar-refractivity contribution < 1.29 is 4.74 Å². The highest BCUT2D eigenvalue weighted by Gasteiger charge is 2.06. The van der Waals surface area contributed by atoms with Crippen molar-refractivity contribution in [1.29, 1.82) is 5.26 Å². The van der Waals surface area contributed by atoms with Crippen molar-refractivity contribution in [3.8, 4) is 17.6 Å². The van der Waals surface area contributed by atoms with Crippen molar-refractivity contribution in [3.05, 3.63) is 58.6 Å². The molecule has 0 unspecified atom stereocenters. The molecule has 0 bridgehead atoms. The number of ether oxygens (including phenoxy) is 1. The summed E-state index contributed by atoms with van der Waals surface area (Å²) in [7, 11) is 0. The Morgan fingerprint density at radius 2 is 2.06 bits per heavy atom. The van der Waals surface area contributed by atoms with Crippen LogP contribution in [-0.4, -0.2) is 0 Å². The lowest BCUT2D eigenvalue weighted by Crippen LogP contribution is -1.96. The molecule has 0 aliphatic rings. The van der Waals surface area contributed by atoms with Crippen LogP contribution in [0.5, 0.6) is 11.5 Å². The number of nitrogens with two attached hydrogens (primary N) is 1. The molecule has 0 amide bonds. The minimum absolute atomic E-state index is 0.442. The third-order valence-corrected chi connectivity index (χ3v) is 2.66. The summed E-state index contributed by atoms with van der Waals surface area (Å²) in [6, 6.07) is 14.4. The van der Waals surface area contributed by atoms with E-state index >= 15 is 0 Å². The van der Waals surface area contributed by atoms with Crippen LogP contribution >= 0.6 is 11.6 Å². The highest BCUT2D eigenvalue weighted by Crippen LogP contribution is 2.28. The van der Waals surface area contributed by atoms with Crippen LogP contribution in [0.15, 0.2) is 42.5 Å². The Morgan fingerprint density at radius 3 is 2.78 bits per heavy atom. The Morgan fingerprint density at radius 1 is 1.22 bits per heavy atom. The van der Waals surface area contributed by atoms with Gasteiger partial charge in [0.05, 0.1) is 5.56 Å². The van der Waals surface area contributed by atoms with Gasteiger partial charge in [0, 0.05) is 17.6 Å². The molecule has 2 aromatic rings. The van der Waals surface area contributed by atoms with Gasteiger partial charge in [0.15, 0.2) is 0 Å². The fourth-order valence-corrected chi connectivity index (χ4v) is 1.70. The monoisotopic (exact) mass is 258 g/mol. The second kappa shape index (κ2) is 5.54. The molecule has 18 heavy (non-hydrogen) atoms. The van der Waals surface area contributed by atoms with Gasteiger partial charge in [-0.15, -0.1) is 0 Å². The predicted octanol–water partition coefficient (Wildman–Crippen LogP) is 3.46. The third-order valence-electron chi connectivity index (χ3n) is 2.43. The molecule has 0 saturated carbocycles. The average molecular weight is 259 g/mol. The van der Waals surface area contributed by atoms with Gasteiger partial charge in [0.1, 0.15) is 17.6 Å². The highest BCUT2D eigenvalue weighted by atomic mass is 35.5. The van der Waals surface area contributed by atoms with Gasteiger partial charge in [-0.3, -0.25) is 0 Å². The first-order valence-corrected chi connectivity index (χ1v) is 5.77. The number of halogens is 1. The third kappa shape index (κ3) is 2.80. The predicted molar refractivity (Wildman–Crippen MR) is 70.6 cm³/mol. The van der Waals surface area contributed by atoms with E-state index in [1.165, 1.54) is 0 Å². The van der Waals surface area contributed by atoms with Crippen molar-refractivity contribution in [3.63, 3.8) is 0 Å². The molecule has 2 rings (SSSR count). The second-order valence-corrected chi connectivity index (χ2v) is 4.14. The molecule has 0 radical (unpaired) electrons. The summed E-state index contributed by atoms with van der Waals surface area (Å²) in [6.45, 7) is 0.442. The fraction of sp³-hybridized carbons (Fsp3) is 0.0714. The van der Waals surface area contributed by atoms with Crippen molar-refractivity contribution in [1.82, 2.24) is 0 Å². The summed E-state index contributed by atoms with van der Waals surface area (Å²) in [6.07, 6.45) is 0. The first-order chi connectivity index (χ1) is 8.72. The summed E-state index contributed by atoms with van der Waals surface area (Å²) < 4.78 is 5.66. The normalized spacial score (nSPS) is 9.83. The van der Waals surface area contributed by atoms with Gasteiger partial charge in [0.25, 0.3) is 0 Å². The number of hydrogen-bond donors (Lipinski definition) is 1. The largest absolute Gasteiger partial charge is 0.456 e. The van der Waals surface area contributed by atoms with Gasteiger partial charge in [-0.05, 0) is 29.8 Å². The van der Waals surface area contributed by atoms with E-state index in [0.717, 1.165) is 5.56 Å². The smallest absolute Gasteiger partial charge is 0.146 e. The summed E-state index contributed by atoms with van der Waals surface area (Å²) in [5.74, 6) is 1.08. The zero-order valence-electron chi connectivity index (χ0n) is 9.56. The highest BCUT2D eigenvalue weighted by molar-refractivity contribution is 6.30. The Bertz CT molecular complexity index is 605. The van der Waals surface area contributed by atoms with Crippen molar-refractivity contribution in [2.75, 3.05) is 0 Å². The van der Waals surface area contributed by atoms with Gasteiger partial charge in [-0.25, -0.2) is 0 Å².